The van der Waals surface area contributed by atoms with Crippen molar-refractivity contribution in [1.29, 1.82) is 0 Å². The molecule has 0 aliphatic heterocycles. The summed E-state index contributed by atoms with van der Waals surface area (Å²) in [5, 5.41) is 0. The van der Waals surface area contributed by atoms with Crippen molar-refractivity contribution in [2.75, 3.05) is 19.0 Å². The van der Waals surface area contributed by atoms with Gasteiger partial charge in [0, 0.05) is 19.8 Å². The van der Waals surface area contributed by atoms with Gasteiger partial charge in [-0.25, -0.2) is 87.8 Å². The number of rotatable bonds is 5. The number of anilines is 1. The Morgan fingerprint density at radius 3 is 0.593 bits per heavy atom. The zero-order valence-corrected chi connectivity index (χ0v) is 26.0. The summed E-state index contributed by atoms with van der Waals surface area (Å²) in [5.41, 5.74) is -13.1. The first-order valence-corrected chi connectivity index (χ1v) is 14.0. The van der Waals surface area contributed by atoms with E-state index in [9.17, 15) is 52.7 Å². The van der Waals surface area contributed by atoms with Gasteiger partial charge in [0.2, 0.25) is 0 Å². The Morgan fingerprint density at radius 2 is 0.444 bits per heavy atom. The van der Waals surface area contributed by atoms with Crippen LogP contribution >= 0.6 is 0 Å². The van der Waals surface area contributed by atoms with Gasteiger partial charge in [-0.15, -0.1) is 21.9 Å². The van der Waals surface area contributed by atoms with Crippen molar-refractivity contribution < 1.29 is 87.8 Å². The van der Waals surface area contributed by atoms with Gasteiger partial charge < -0.3 is 4.90 Å². The second-order valence-electron chi connectivity index (χ2n) is 11.0. The van der Waals surface area contributed by atoms with E-state index in [1.54, 1.807) is 0 Å². The standard InChI is InChI=1S/C24BF20.C8H11N/c26-5-1(6(27)14(35)21(42)13(5)34)25(2-7(28)15(36)22(43)16(37)8(2)29,3-9(30)17(38)23(44)18(39)10(3)31)4-11(32)19(40)24(45)20(41)12(4)33;1-9(2)8-6-4-3-5-7-8/h;3-7H,1-2H3/q-1;. The molecule has 22 heteroatoms. The maximum atomic E-state index is 15.4. The van der Waals surface area contributed by atoms with Crippen LogP contribution in [0, 0.1) is 116 Å². The van der Waals surface area contributed by atoms with E-state index in [0.29, 0.717) is 0 Å². The lowest BCUT2D eigenvalue weighted by Gasteiger charge is -2.44. The Labute approximate surface area is 287 Å². The van der Waals surface area contributed by atoms with Crippen molar-refractivity contribution in [1.82, 2.24) is 0 Å². The average molecular weight is 800 g/mol. The summed E-state index contributed by atoms with van der Waals surface area (Å²) in [7, 11) is 4.07. The zero-order chi connectivity index (χ0) is 41.0. The Hall–Kier alpha value is -5.44. The molecule has 5 aromatic rings. The van der Waals surface area contributed by atoms with Crippen molar-refractivity contribution in [2.45, 2.75) is 0 Å². The summed E-state index contributed by atoms with van der Waals surface area (Å²) in [6.07, 6.45) is -7.22. The van der Waals surface area contributed by atoms with E-state index in [-0.39, 0.29) is 0 Å². The van der Waals surface area contributed by atoms with Gasteiger partial charge in [-0.1, -0.05) is 18.2 Å². The van der Waals surface area contributed by atoms with Gasteiger partial charge in [0.05, 0.1) is 0 Å². The molecule has 5 rings (SSSR count). The third-order valence-electron chi connectivity index (χ3n) is 7.98. The molecule has 0 atom stereocenters. The molecule has 0 spiro atoms. The highest BCUT2D eigenvalue weighted by Crippen LogP contribution is 2.30. The quantitative estimate of drug-likeness (QED) is 0.0767. The molecule has 0 aromatic heterocycles. The maximum Gasteiger partial charge on any atom is 0.200 e. The second-order valence-corrected chi connectivity index (χ2v) is 11.0. The Balaban J connectivity index is 0.000000631. The van der Waals surface area contributed by atoms with Gasteiger partial charge in [0.1, 0.15) is 52.7 Å². The third-order valence-corrected chi connectivity index (χ3v) is 7.98. The SMILES string of the molecule is CN(C)c1ccccc1.Fc1c(F)c(F)c([B-](c2c(F)c(F)c(F)c(F)c2F)(c2c(F)c(F)c(F)c(F)c2F)c2c(F)c(F)c(F)c(F)c2F)c(F)c1F. The fourth-order valence-corrected chi connectivity index (χ4v) is 5.60. The molecule has 0 amide bonds. The summed E-state index contributed by atoms with van der Waals surface area (Å²) in [6, 6.07) is 10.3. The van der Waals surface area contributed by atoms with E-state index in [1.807, 2.05) is 32.3 Å². The minimum atomic E-state index is -7.22. The molecule has 0 radical (unpaired) electrons. The Bertz CT molecular complexity index is 1930. The molecule has 1 nitrogen and oxygen atoms in total. The largest absolute Gasteiger partial charge is 0.378 e. The van der Waals surface area contributed by atoms with Crippen molar-refractivity contribution in [3.8, 4) is 0 Å². The molecule has 0 fully saturated rings. The first-order valence-electron chi connectivity index (χ1n) is 14.0. The first-order chi connectivity index (χ1) is 25.0. The van der Waals surface area contributed by atoms with Crippen molar-refractivity contribution in [3.05, 3.63) is 147 Å². The number of nitrogens with zero attached hydrogens (tertiary/aromatic N) is 1. The van der Waals surface area contributed by atoms with Crippen LogP contribution in [0.2, 0.25) is 0 Å². The molecule has 0 bridgehead atoms. The molecule has 0 saturated heterocycles. The van der Waals surface area contributed by atoms with Crippen LogP contribution in [0.4, 0.5) is 93.5 Å². The molecule has 5 aromatic carbocycles. The first kappa shape index (κ1) is 41.3. The minimum absolute atomic E-state index is 1.25. The summed E-state index contributed by atoms with van der Waals surface area (Å²) in [4.78, 5) is 2.08. The van der Waals surface area contributed by atoms with Gasteiger partial charge in [0.15, 0.2) is 69.8 Å². The van der Waals surface area contributed by atoms with Crippen LogP contribution in [0.25, 0.3) is 0 Å². The Morgan fingerprint density at radius 1 is 0.278 bits per heavy atom. The van der Waals surface area contributed by atoms with E-state index in [4.69, 9.17) is 0 Å². The molecular formula is C32H11BF20N-. The lowest BCUT2D eigenvalue weighted by atomic mass is 9.12. The van der Waals surface area contributed by atoms with Crippen LogP contribution in [0.5, 0.6) is 0 Å². The van der Waals surface area contributed by atoms with Gasteiger partial charge in [0.25, 0.3) is 0 Å². The van der Waals surface area contributed by atoms with Gasteiger partial charge in [-0.3, -0.25) is 0 Å². The van der Waals surface area contributed by atoms with Crippen LogP contribution in [-0.2, 0) is 0 Å². The molecular weight excluding hydrogens is 789 g/mol. The number of benzene rings is 5. The highest BCUT2D eigenvalue weighted by molar-refractivity contribution is 7.20. The highest BCUT2D eigenvalue weighted by Gasteiger charge is 2.52. The van der Waals surface area contributed by atoms with E-state index < -0.39 is 144 Å². The van der Waals surface area contributed by atoms with Crippen molar-refractivity contribution >= 4 is 33.7 Å². The number of hydrogen-bond acceptors (Lipinski definition) is 1. The van der Waals surface area contributed by atoms with E-state index in [0.717, 1.165) is 0 Å². The fourth-order valence-electron chi connectivity index (χ4n) is 5.60. The molecule has 0 unspecified atom stereocenters. The van der Waals surface area contributed by atoms with E-state index >= 15 is 35.1 Å². The molecule has 0 N–H and O–H groups in total. The number of para-hydroxylation sites is 1. The van der Waals surface area contributed by atoms with Gasteiger partial charge >= 0.3 is 0 Å². The second kappa shape index (κ2) is 14.8. The zero-order valence-electron chi connectivity index (χ0n) is 26.0. The highest BCUT2D eigenvalue weighted by atomic mass is 19.2. The maximum absolute atomic E-state index is 15.4. The third kappa shape index (κ3) is 6.04. The lowest BCUT2D eigenvalue weighted by Crippen LogP contribution is -2.81. The molecule has 0 saturated carbocycles. The molecule has 0 aliphatic carbocycles. The van der Waals surface area contributed by atoms with Crippen LogP contribution in [-0.4, -0.2) is 20.2 Å². The summed E-state index contributed by atoms with van der Waals surface area (Å²) >= 11 is 0. The smallest absolute Gasteiger partial charge is 0.200 e. The van der Waals surface area contributed by atoms with E-state index in [2.05, 4.69) is 17.0 Å². The normalized spacial score (nSPS) is 11.5. The molecule has 54 heavy (non-hydrogen) atoms. The summed E-state index contributed by atoms with van der Waals surface area (Å²) in [6.45, 7) is 0. The van der Waals surface area contributed by atoms with Crippen LogP contribution in [0.1, 0.15) is 0 Å². The summed E-state index contributed by atoms with van der Waals surface area (Å²) in [5.74, 6) is -71.4. The van der Waals surface area contributed by atoms with Crippen molar-refractivity contribution in [3.63, 3.8) is 0 Å². The predicted molar refractivity (Wildman–Crippen MR) is 150 cm³/mol. The topological polar surface area (TPSA) is 3.24 Å². The number of hydrogen-bond donors (Lipinski definition) is 0. The van der Waals surface area contributed by atoms with Crippen molar-refractivity contribution in [2.24, 2.45) is 0 Å². The average Bonchev–Trinajstić information content (AvgIpc) is 3.15. The fraction of sp³-hybridized carbons (Fsp3) is 0.0625. The van der Waals surface area contributed by atoms with Gasteiger partial charge in [-0.05, 0) is 12.1 Å². The van der Waals surface area contributed by atoms with E-state index in [1.165, 1.54) is 5.69 Å². The van der Waals surface area contributed by atoms with Gasteiger partial charge in [-0.2, -0.15) is 0 Å². The minimum Gasteiger partial charge on any atom is -0.378 e. The monoisotopic (exact) mass is 800 g/mol. The van der Waals surface area contributed by atoms with Crippen LogP contribution < -0.4 is 26.8 Å². The summed E-state index contributed by atoms with van der Waals surface area (Å²) < 4.78 is 294. The Kier molecular flexibility index (Phi) is 11.3. The predicted octanol–water partition coefficient (Wildman–Crippen LogP) is 7.60. The molecule has 0 aliphatic rings. The lowest BCUT2D eigenvalue weighted by molar-refractivity contribution is 0.378. The number of halogens is 20. The van der Waals surface area contributed by atoms with Crippen LogP contribution in [0.15, 0.2) is 30.3 Å². The molecule has 0 heterocycles. The molecule has 288 valence electrons. The van der Waals surface area contributed by atoms with Crippen LogP contribution in [0.3, 0.4) is 0 Å².